The van der Waals surface area contributed by atoms with Gasteiger partial charge in [-0.15, -0.1) is 0 Å². The average Bonchev–Trinajstić information content (AvgIpc) is 2.63. The Bertz CT molecular complexity index is 339. The van der Waals surface area contributed by atoms with Gasteiger partial charge in [-0.1, -0.05) is 30.3 Å². The Kier molecular flexibility index (Phi) is 5.62. The maximum absolute atomic E-state index is 9.75. The third-order valence-electron chi connectivity index (χ3n) is 2.64. The molecule has 2 nitrogen and oxygen atoms in total. The zero-order valence-corrected chi connectivity index (χ0v) is 10.3. The molecule has 1 aromatic rings. The first-order valence-electron chi connectivity index (χ1n) is 5.78. The van der Waals surface area contributed by atoms with E-state index < -0.39 is 7.25 Å². The van der Waals surface area contributed by atoms with Crippen LogP contribution in [0.2, 0.25) is 0 Å². The Hall–Kier alpha value is -1.08. The van der Waals surface area contributed by atoms with E-state index in [-0.39, 0.29) is 0 Å². The van der Waals surface area contributed by atoms with E-state index in [1.807, 2.05) is 0 Å². The molecule has 0 aliphatic carbocycles. The number of quaternary nitrogens is 1. The predicted octanol–water partition coefficient (Wildman–Crippen LogP) is 1.27. The summed E-state index contributed by atoms with van der Waals surface area (Å²) >= 11 is 0. The average molecular weight is 264 g/mol. The second-order valence-corrected chi connectivity index (χ2v) is 4.40. The van der Waals surface area contributed by atoms with E-state index in [0.717, 1.165) is 0 Å². The monoisotopic (exact) mass is 264 g/mol. The van der Waals surface area contributed by atoms with Crippen molar-refractivity contribution in [2.45, 2.75) is 6.54 Å². The number of hydrogen-bond donors (Lipinski definition) is 1. The summed E-state index contributed by atoms with van der Waals surface area (Å²) in [5.74, 6) is 0. The van der Waals surface area contributed by atoms with E-state index in [4.69, 9.17) is 0 Å². The molecule has 1 aliphatic heterocycles. The zero-order valence-electron chi connectivity index (χ0n) is 10.3. The molecule has 0 radical (unpaired) electrons. The molecular formula is C11H17BF4N2. The number of nitrogens with one attached hydrogen (secondary N) is 1. The molecule has 1 aliphatic rings. The van der Waals surface area contributed by atoms with Gasteiger partial charge in [0.1, 0.15) is 13.2 Å². The van der Waals surface area contributed by atoms with Gasteiger partial charge in [0.25, 0.3) is 0 Å². The van der Waals surface area contributed by atoms with Gasteiger partial charge >= 0.3 is 7.25 Å². The molecule has 2 rings (SSSR count). The van der Waals surface area contributed by atoms with Crippen LogP contribution in [0.25, 0.3) is 0 Å². The van der Waals surface area contributed by atoms with Gasteiger partial charge < -0.3 is 22.2 Å². The molecule has 0 spiro atoms. The number of hydrogen-bond acceptors (Lipinski definition) is 1. The summed E-state index contributed by atoms with van der Waals surface area (Å²) in [5.41, 5.74) is 1.45. The lowest BCUT2D eigenvalue weighted by atomic mass is 10.2. The fourth-order valence-electron chi connectivity index (χ4n) is 1.92. The highest BCUT2D eigenvalue weighted by Gasteiger charge is 2.20. The van der Waals surface area contributed by atoms with Crippen molar-refractivity contribution in [1.82, 2.24) is 4.90 Å². The molecule has 0 bridgehead atoms. The van der Waals surface area contributed by atoms with Crippen LogP contribution in [0.5, 0.6) is 0 Å². The lowest BCUT2D eigenvalue weighted by Gasteiger charge is -2.12. The van der Waals surface area contributed by atoms with Gasteiger partial charge in [0.05, 0.1) is 13.1 Å². The van der Waals surface area contributed by atoms with Gasteiger partial charge in [0.2, 0.25) is 0 Å². The summed E-state index contributed by atoms with van der Waals surface area (Å²) in [6.07, 6.45) is 0. The van der Waals surface area contributed by atoms with Gasteiger partial charge in [-0.25, -0.2) is 0 Å². The zero-order chi connectivity index (χ0) is 13.6. The highest BCUT2D eigenvalue weighted by molar-refractivity contribution is 6.50. The van der Waals surface area contributed by atoms with Crippen LogP contribution in [-0.2, 0) is 6.54 Å². The van der Waals surface area contributed by atoms with Crippen LogP contribution < -0.4 is 4.90 Å². The fourth-order valence-corrected chi connectivity index (χ4v) is 1.92. The van der Waals surface area contributed by atoms with Crippen molar-refractivity contribution in [1.29, 1.82) is 0 Å². The molecule has 1 fully saturated rings. The molecule has 0 amide bonds. The predicted molar refractivity (Wildman–Crippen MR) is 63.7 cm³/mol. The largest absolute Gasteiger partial charge is 0.673 e. The van der Waals surface area contributed by atoms with Crippen molar-refractivity contribution in [2.24, 2.45) is 0 Å². The minimum Gasteiger partial charge on any atom is -0.418 e. The van der Waals surface area contributed by atoms with E-state index >= 15 is 0 Å². The highest BCUT2D eigenvalue weighted by Crippen LogP contribution is 2.06. The molecule has 1 aromatic carbocycles. The first-order valence-corrected chi connectivity index (χ1v) is 5.78. The molecule has 1 heterocycles. The van der Waals surface area contributed by atoms with Crippen molar-refractivity contribution in [3.05, 3.63) is 35.9 Å². The number of rotatable bonds is 2. The van der Waals surface area contributed by atoms with Crippen molar-refractivity contribution < 1.29 is 22.2 Å². The van der Waals surface area contributed by atoms with Crippen LogP contribution in [0.3, 0.4) is 0 Å². The number of benzene rings is 1. The molecule has 1 saturated heterocycles. The van der Waals surface area contributed by atoms with Crippen LogP contribution in [0.4, 0.5) is 17.3 Å². The lowest BCUT2D eigenvalue weighted by molar-refractivity contribution is -0.905. The van der Waals surface area contributed by atoms with Crippen molar-refractivity contribution >= 4 is 7.25 Å². The third-order valence-corrected chi connectivity index (χ3v) is 2.64. The summed E-state index contributed by atoms with van der Waals surface area (Å²) in [7, 11) is -3.81. The first-order chi connectivity index (χ1) is 8.34. The summed E-state index contributed by atoms with van der Waals surface area (Å²) in [5, 5.41) is 0. The second-order valence-electron chi connectivity index (χ2n) is 4.40. The number of halogens is 4. The molecule has 0 aromatic heterocycles. The van der Waals surface area contributed by atoms with E-state index in [9.17, 15) is 17.3 Å². The first kappa shape index (κ1) is 15.0. The number of likely N-dealkylation sites (N-methyl/N-ethyl adjacent to an activating group) is 1. The van der Waals surface area contributed by atoms with Crippen LogP contribution in [-0.4, -0.2) is 39.0 Å². The summed E-state index contributed by atoms with van der Waals surface area (Å²) in [6.45, 7) is 4.88. The standard InChI is InChI=1S/C11H16N2.BF4/c1-12-7-8-13(10-12)9-11-5-3-2-4-6-11;2-1(3,4)5/h2-6H,7-10H2,1H3;/q;-1/p+1. The molecule has 18 heavy (non-hydrogen) atoms. The Balaban J connectivity index is 0.000000280. The van der Waals surface area contributed by atoms with Crippen LogP contribution in [0.1, 0.15) is 5.56 Å². The lowest BCUT2D eigenvalue weighted by Crippen LogP contribution is -3.09. The maximum Gasteiger partial charge on any atom is 0.673 e. The van der Waals surface area contributed by atoms with E-state index in [2.05, 4.69) is 42.3 Å². The van der Waals surface area contributed by atoms with Gasteiger partial charge in [-0.3, -0.25) is 4.90 Å². The molecular weight excluding hydrogens is 247 g/mol. The topological polar surface area (TPSA) is 7.68 Å². The van der Waals surface area contributed by atoms with E-state index in [1.54, 1.807) is 4.90 Å². The summed E-state index contributed by atoms with van der Waals surface area (Å²) in [6, 6.07) is 10.7. The van der Waals surface area contributed by atoms with Gasteiger partial charge in [-0.2, -0.15) is 0 Å². The van der Waals surface area contributed by atoms with Gasteiger partial charge in [0.15, 0.2) is 0 Å². The maximum atomic E-state index is 9.75. The fraction of sp³-hybridized carbons (Fsp3) is 0.455. The van der Waals surface area contributed by atoms with E-state index in [1.165, 1.54) is 31.9 Å². The van der Waals surface area contributed by atoms with Crippen LogP contribution in [0.15, 0.2) is 30.3 Å². The molecule has 1 atom stereocenters. The SMILES string of the molecule is CN1CC[NH+](Cc2ccccc2)C1.F[B-](F)(F)F. The Morgan fingerprint density at radius 1 is 1.17 bits per heavy atom. The molecule has 1 N–H and O–H groups in total. The van der Waals surface area contributed by atoms with Gasteiger partial charge in [0, 0.05) is 5.56 Å². The van der Waals surface area contributed by atoms with Crippen molar-refractivity contribution in [3.8, 4) is 0 Å². The number of nitrogens with zero attached hydrogens (tertiary/aromatic N) is 1. The van der Waals surface area contributed by atoms with Gasteiger partial charge in [-0.05, 0) is 7.05 Å². The summed E-state index contributed by atoms with van der Waals surface area (Å²) in [4.78, 5) is 4.06. The van der Waals surface area contributed by atoms with E-state index in [0.29, 0.717) is 0 Å². The Labute approximate surface area is 104 Å². The normalized spacial score (nSPS) is 20.4. The molecule has 1 unspecified atom stereocenters. The minimum absolute atomic E-state index is 1.17. The van der Waals surface area contributed by atoms with Crippen LogP contribution >= 0.6 is 0 Å². The van der Waals surface area contributed by atoms with Crippen molar-refractivity contribution in [2.75, 3.05) is 26.8 Å². The second kappa shape index (κ2) is 6.75. The summed E-state index contributed by atoms with van der Waals surface area (Å²) < 4.78 is 39.0. The minimum atomic E-state index is -6.00. The Morgan fingerprint density at radius 3 is 2.17 bits per heavy atom. The highest BCUT2D eigenvalue weighted by atomic mass is 19.5. The van der Waals surface area contributed by atoms with Crippen LogP contribution in [0, 0.1) is 0 Å². The molecule has 0 saturated carbocycles. The third kappa shape index (κ3) is 7.29. The van der Waals surface area contributed by atoms with Crippen molar-refractivity contribution in [3.63, 3.8) is 0 Å². The smallest absolute Gasteiger partial charge is 0.418 e. The quantitative estimate of drug-likeness (QED) is 0.624. The molecule has 7 heteroatoms. The Morgan fingerprint density at radius 2 is 1.72 bits per heavy atom. The molecule has 102 valence electrons.